The molecule has 1 aromatic rings. The second-order valence-electron chi connectivity index (χ2n) is 2.94. The van der Waals surface area contributed by atoms with Gasteiger partial charge in [0.15, 0.2) is 17.3 Å². The third-order valence-electron chi connectivity index (χ3n) is 1.71. The molecule has 5 heteroatoms. The van der Waals surface area contributed by atoms with E-state index in [4.69, 9.17) is 22.4 Å². The van der Waals surface area contributed by atoms with E-state index < -0.39 is 23.4 Å². The van der Waals surface area contributed by atoms with Gasteiger partial charge in [0.05, 0.1) is 11.1 Å². The normalized spacial score (nSPS) is 12.6. The summed E-state index contributed by atoms with van der Waals surface area (Å²) < 4.78 is 12.9. The number of benzene rings is 1. The summed E-state index contributed by atoms with van der Waals surface area (Å²) in [5.74, 6) is -2.01. The molecular weight excluding hydrogens is 209 g/mol. The van der Waals surface area contributed by atoms with Gasteiger partial charge in [-0.1, -0.05) is 11.6 Å². The molecule has 0 heterocycles. The maximum absolute atomic E-state index is 12.9. The zero-order valence-corrected chi connectivity index (χ0v) is 8.18. The Balaban J connectivity index is 3.19. The van der Waals surface area contributed by atoms with Gasteiger partial charge in [-0.25, -0.2) is 4.39 Å². The van der Waals surface area contributed by atoms with Crippen molar-refractivity contribution in [3.8, 4) is 5.75 Å². The number of rotatable bonds is 2. The minimum atomic E-state index is -0.929. The lowest BCUT2D eigenvalue weighted by Crippen LogP contribution is -2.26. The number of hydrogen-bond acceptors (Lipinski definition) is 3. The number of nitrogens with two attached hydrogens (primary N) is 1. The number of phenols is 1. The molecule has 0 radical (unpaired) electrons. The van der Waals surface area contributed by atoms with Gasteiger partial charge < -0.3 is 10.8 Å². The predicted octanol–water partition coefficient (Wildman–Crippen LogP) is 1.71. The monoisotopic (exact) mass is 217 g/mol. The Kier molecular flexibility index (Phi) is 3.08. The van der Waals surface area contributed by atoms with Crippen molar-refractivity contribution in [1.29, 1.82) is 0 Å². The minimum absolute atomic E-state index is 0.0558. The number of carbonyl (C=O) groups excluding carboxylic acids is 1. The van der Waals surface area contributed by atoms with Crippen molar-refractivity contribution in [1.82, 2.24) is 0 Å². The van der Waals surface area contributed by atoms with Gasteiger partial charge in [0, 0.05) is 5.56 Å². The first-order valence-corrected chi connectivity index (χ1v) is 4.29. The standard InChI is InChI=1S/C9H9ClFNO2/c1-4(12)8(13)5-2-6(10)9(14)7(11)3-5/h2-4,14H,12H2,1H3. The highest BCUT2D eigenvalue weighted by Crippen LogP contribution is 2.27. The van der Waals surface area contributed by atoms with E-state index in [0.717, 1.165) is 6.07 Å². The number of Topliss-reactive ketones (excluding diaryl/α,β-unsaturated/α-hetero) is 1. The first-order valence-electron chi connectivity index (χ1n) is 3.91. The van der Waals surface area contributed by atoms with Crippen molar-refractivity contribution >= 4 is 17.4 Å². The van der Waals surface area contributed by atoms with Crippen LogP contribution < -0.4 is 5.73 Å². The second kappa shape index (κ2) is 3.94. The molecule has 76 valence electrons. The minimum Gasteiger partial charge on any atom is -0.504 e. The van der Waals surface area contributed by atoms with E-state index in [1.165, 1.54) is 13.0 Å². The van der Waals surface area contributed by atoms with Gasteiger partial charge in [-0.3, -0.25) is 4.79 Å². The number of hydrogen-bond donors (Lipinski definition) is 2. The van der Waals surface area contributed by atoms with Crippen LogP contribution in [0.4, 0.5) is 4.39 Å². The third kappa shape index (κ3) is 2.02. The van der Waals surface area contributed by atoms with E-state index in [1.807, 2.05) is 0 Å². The molecule has 0 bridgehead atoms. The maximum Gasteiger partial charge on any atom is 0.179 e. The number of phenolic OH excluding ortho intramolecular Hbond substituents is 1. The summed E-state index contributed by atoms with van der Waals surface area (Å²) in [6.45, 7) is 1.49. The molecule has 0 spiro atoms. The molecule has 0 amide bonds. The molecular formula is C9H9ClFNO2. The lowest BCUT2D eigenvalue weighted by atomic mass is 10.1. The largest absolute Gasteiger partial charge is 0.504 e. The van der Waals surface area contributed by atoms with E-state index >= 15 is 0 Å². The Morgan fingerprint density at radius 3 is 2.64 bits per heavy atom. The van der Waals surface area contributed by atoms with Gasteiger partial charge in [0.25, 0.3) is 0 Å². The van der Waals surface area contributed by atoms with Gasteiger partial charge in [-0.2, -0.15) is 0 Å². The molecule has 14 heavy (non-hydrogen) atoms. The Hall–Kier alpha value is -1.13. The van der Waals surface area contributed by atoms with Crippen LogP contribution in [-0.4, -0.2) is 16.9 Å². The highest BCUT2D eigenvalue weighted by atomic mass is 35.5. The third-order valence-corrected chi connectivity index (χ3v) is 2.00. The van der Waals surface area contributed by atoms with Gasteiger partial charge in [0.1, 0.15) is 0 Å². The number of carbonyl (C=O) groups is 1. The van der Waals surface area contributed by atoms with Crippen LogP contribution in [0.25, 0.3) is 0 Å². The van der Waals surface area contributed by atoms with Gasteiger partial charge in [0.2, 0.25) is 0 Å². The molecule has 3 nitrogen and oxygen atoms in total. The summed E-state index contributed by atoms with van der Waals surface area (Å²) in [5, 5.41) is 8.80. The van der Waals surface area contributed by atoms with Crippen molar-refractivity contribution < 1.29 is 14.3 Å². The SMILES string of the molecule is CC(N)C(=O)c1cc(F)c(O)c(Cl)c1. The summed E-state index contributed by atoms with van der Waals surface area (Å²) in [5.41, 5.74) is 5.38. The molecule has 0 aliphatic rings. The van der Waals surface area contributed by atoms with Gasteiger partial charge >= 0.3 is 0 Å². The molecule has 1 rings (SSSR count). The van der Waals surface area contributed by atoms with Gasteiger partial charge in [-0.15, -0.1) is 0 Å². The van der Waals surface area contributed by atoms with E-state index in [0.29, 0.717) is 0 Å². The molecule has 3 N–H and O–H groups in total. The first-order chi connectivity index (χ1) is 6.43. The Bertz CT molecular complexity index is 356. The van der Waals surface area contributed by atoms with Crippen molar-refractivity contribution in [3.05, 3.63) is 28.5 Å². The smallest absolute Gasteiger partial charge is 0.179 e. The zero-order chi connectivity index (χ0) is 10.9. The van der Waals surface area contributed by atoms with Crippen molar-refractivity contribution in [3.63, 3.8) is 0 Å². The van der Waals surface area contributed by atoms with E-state index in [1.54, 1.807) is 0 Å². The van der Waals surface area contributed by atoms with Crippen molar-refractivity contribution in [2.45, 2.75) is 13.0 Å². The van der Waals surface area contributed by atoms with E-state index in [-0.39, 0.29) is 10.6 Å². The topological polar surface area (TPSA) is 63.3 Å². The average molecular weight is 218 g/mol. The van der Waals surface area contributed by atoms with Crippen LogP contribution >= 0.6 is 11.6 Å². The fraction of sp³-hybridized carbons (Fsp3) is 0.222. The Morgan fingerprint density at radius 2 is 2.21 bits per heavy atom. The molecule has 0 aliphatic heterocycles. The zero-order valence-electron chi connectivity index (χ0n) is 7.42. The van der Waals surface area contributed by atoms with Crippen LogP contribution in [0.2, 0.25) is 5.02 Å². The molecule has 0 aliphatic carbocycles. The molecule has 1 unspecified atom stereocenters. The fourth-order valence-corrected chi connectivity index (χ4v) is 1.18. The average Bonchev–Trinajstić information content (AvgIpc) is 2.12. The Morgan fingerprint density at radius 1 is 1.64 bits per heavy atom. The van der Waals surface area contributed by atoms with Crippen molar-refractivity contribution in [2.75, 3.05) is 0 Å². The molecule has 0 aromatic heterocycles. The molecule has 0 fully saturated rings. The summed E-state index contributed by atoms with van der Waals surface area (Å²) >= 11 is 5.48. The molecule has 0 saturated carbocycles. The lowest BCUT2D eigenvalue weighted by Gasteiger charge is -2.06. The van der Waals surface area contributed by atoms with Crippen LogP contribution in [0.3, 0.4) is 0 Å². The van der Waals surface area contributed by atoms with Crippen molar-refractivity contribution in [2.24, 2.45) is 5.73 Å². The van der Waals surface area contributed by atoms with Crippen LogP contribution in [-0.2, 0) is 0 Å². The molecule has 1 aromatic carbocycles. The van der Waals surface area contributed by atoms with Crippen LogP contribution in [0.5, 0.6) is 5.75 Å². The fourth-order valence-electron chi connectivity index (χ4n) is 0.971. The summed E-state index contributed by atoms with van der Waals surface area (Å²) in [7, 11) is 0. The first kappa shape index (κ1) is 10.9. The second-order valence-corrected chi connectivity index (χ2v) is 3.35. The van der Waals surface area contributed by atoms with Crippen LogP contribution in [0.1, 0.15) is 17.3 Å². The number of halogens is 2. The molecule has 0 saturated heterocycles. The summed E-state index contributed by atoms with van der Waals surface area (Å²) in [6, 6.07) is 1.37. The maximum atomic E-state index is 12.9. The van der Waals surface area contributed by atoms with E-state index in [2.05, 4.69) is 0 Å². The number of aromatic hydroxyl groups is 1. The highest BCUT2D eigenvalue weighted by Gasteiger charge is 2.15. The molecule has 1 atom stereocenters. The predicted molar refractivity (Wildman–Crippen MR) is 51.1 cm³/mol. The van der Waals surface area contributed by atoms with Crippen LogP contribution in [0, 0.1) is 5.82 Å². The van der Waals surface area contributed by atoms with Gasteiger partial charge in [-0.05, 0) is 19.1 Å². The van der Waals surface area contributed by atoms with E-state index in [9.17, 15) is 9.18 Å². The van der Waals surface area contributed by atoms with Crippen LogP contribution in [0.15, 0.2) is 12.1 Å². The lowest BCUT2D eigenvalue weighted by molar-refractivity contribution is 0.0967. The Labute approximate surface area is 85.3 Å². The highest BCUT2D eigenvalue weighted by molar-refractivity contribution is 6.32. The number of ketones is 1. The quantitative estimate of drug-likeness (QED) is 0.742. The summed E-state index contributed by atoms with van der Waals surface area (Å²) in [6.07, 6.45) is 0. The summed E-state index contributed by atoms with van der Waals surface area (Å²) in [4.78, 5) is 11.3.